The first kappa shape index (κ1) is 12.7. The standard InChI is InChI=1S/C15H19NO2/c1-2-13-9-6-10-16(11-13)15(17)18-12-14-7-4-3-5-8-14/h3-5,7-9H,2,6,10-12H2,1H3. The zero-order valence-electron chi connectivity index (χ0n) is 10.8. The van der Waals surface area contributed by atoms with Gasteiger partial charge in [-0.2, -0.15) is 0 Å². The molecule has 0 N–H and O–H groups in total. The molecule has 0 saturated heterocycles. The molecule has 0 fully saturated rings. The summed E-state index contributed by atoms with van der Waals surface area (Å²) in [7, 11) is 0. The van der Waals surface area contributed by atoms with Gasteiger partial charge in [-0.25, -0.2) is 4.79 Å². The smallest absolute Gasteiger partial charge is 0.410 e. The van der Waals surface area contributed by atoms with Crippen molar-refractivity contribution < 1.29 is 9.53 Å². The first-order valence-electron chi connectivity index (χ1n) is 6.43. The van der Waals surface area contributed by atoms with E-state index in [2.05, 4.69) is 13.0 Å². The fourth-order valence-corrected chi connectivity index (χ4v) is 2.04. The van der Waals surface area contributed by atoms with Crippen LogP contribution in [0.4, 0.5) is 4.79 Å². The fourth-order valence-electron chi connectivity index (χ4n) is 2.04. The minimum atomic E-state index is -0.210. The third-order valence-electron chi connectivity index (χ3n) is 3.14. The maximum atomic E-state index is 11.9. The minimum absolute atomic E-state index is 0.210. The van der Waals surface area contributed by atoms with Crippen LogP contribution in [0.2, 0.25) is 0 Å². The molecule has 18 heavy (non-hydrogen) atoms. The highest BCUT2D eigenvalue weighted by Gasteiger charge is 2.18. The van der Waals surface area contributed by atoms with Gasteiger partial charge in [0.2, 0.25) is 0 Å². The molecular weight excluding hydrogens is 226 g/mol. The molecule has 0 spiro atoms. The van der Waals surface area contributed by atoms with Gasteiger partial charge in [-0.3, -0.25) is 0 Å². The van der Waals surface area contributed by atoms with E-state index in [4.69, 9.17) is 4.74 Å². The molecule has 0 aliphatic carbocycles. The van der Waals surface area contributed by atoms with Gasteiger partial charge in [0, 0.05) is 13.1 Å². The molecule has 0 aromatic heterocycles. The lowest BCUT2D eigenvalue weighted by Crippen LogP contribution is -2.36. The Morgan fingerprint density at radius 1 is 1.33 bits per heavy atom. The summed E-state index contributed by atoms with van der Waals surface area (Å²) < 4.78 is 5.32. The van der Waals surface area contributed by atoms with Crippen LogP contribution in [0, 0.1) is 0 Å². The first-order valence-corrected chi connectivity index (χ1v) is 6.43. The van der Waals surface area contributed by atoms with Crippen molar-refractivity contribution >= 4 is 6.09 Å². The monoisotopic (exact) mass is 245 g/mol. The Kier molecular flexibility index (Phi) is 4.40. The Labute approximate surface area is 108 Å². The van der Waals surface area contributed by atoms with Crippen LogP contribution in [0.3, 0.4) is 0 Å². The summed E-state index contributed by atoms with van der Waals surface area (Å²) in [5.41, 5.74) is 2.34. The molecule has 0 bridgehead atoms. The highest BCUT2D eigenvalue weighted by Crippen LogP contribution is 2.14. The molecule has 0 atom stereocenters. The minimum Gasteiger partial charge on any atom is -0.445 e. The van der Waals surface area contributed by atoms with Gasteiger partial charge in [0.15, 0.2) is 0 Å². The quantitative estimate of drug-likeness (QED) is 0.764. The normalized spacial score (nSPS) is 15.2. The molecule has 96 valence electrons. The second kappa shape index (κ2) is 6.24. The summed E-state index contributed by atoms with van der Waals surface area (Å²) in [6.07, 6.45) is 3.95. The van der Waals surface area contributed by atoms with Gasteiger partial charge in [0.1, 0.15) is 6.61 Å². The van der Waals surface area contributed by atoms with E-state index in [1.54, 1.807) is 4.90 Å². The van der Waals surface area contributed by atoms with Crippen molar-refractivity contribution in [2.24, 2.45) is 0 Å². The Bertz CT molecular complexity index is 425. The molecule has 0 saturated carbocycles. The van der Waals surface area contributed by atoms with Gasteiger partial charge in [0.25, 0.3) is 0 Å². The highest BCUT2D eigenvalue weighted by molar-refractivity contribution is 5.68. The Balaban J connectivity index is 1.84. The van der Waals surface area contributed by atoms with E-state index in [9.17, 15) is 4.79 Å². The summed E-state index contributed by atoms with van der Waals surface area (Å²) in [6, 6.07) is 9.76. The van der Waals surface area contributed by atoms with Gasteiger partial charge < -0.3 is 9.64 Å². The number of carbonyl (C=O) groups excluding carboxylic acids is 1. The number of carbonyl (C=O) groups is 1. The van der Waals surface area contributed by atoms with Gasteiger partial charge in [-0.05, 0) is 18.4 Å². The second-order valence-electron chi connectivity index (χ2n) is 4.47. The van der Waals surface area contributed by atoms with Gasteiger partial charge in [-0.15, -0.1) is 0 Å². The lowest BCUT2D eigenvalue weighted by molar-refractivity contribution is 0.0981. The van der Waals surface area contributed by atoms with Gasteiger partial charge in [0.05, 0.1) is 0 Å². The van der Waals surface area contributed by atoms with E-state index in [0.717, 1.165) is 24.9 Å². The van der Waals surface area contributed by atoms with Crippen LogP contribution < -0.4 is 0 Å². The highest BCUT2D eigenvalue weighted by atomic mass is 16.6. The number of amides is 1. The van der Waals surface area contributed by atoms with Gasteiger partial charge in [-0.1, -0.05) is 48.9 Å². The maximum absolute atomic E-state index is 11.9. The zero-order chi connectivity index (χ0) is 12.8. The third kappa shape index (κ3) is 3.36. The SMILES string of the molecule is CCC1=CCCN(C(=O)OCc2ccccc2)C1. The molecule has 1 aliphatic rings. The van der Waals surface area contributed by atoms with Crippen molar-refractivity contribution in [3.05, 3.63) is 47.5 Å². The molecule has 0 unspecified atom stereocenters. The summed E-state index contributed by atoms with van der Waals surface area (Å²) in [5.74, 6) is 0. The van der Waals surface area contributed by atoms with Crippen molar-refractivity contribution in [3.8, 4) is 0 Å². The van der Waals surface area contributed by atoms with Crippen molar-refractivity contribution in [1.82, 2.24) is 4.90 Å². The molecule has 1 aromatic carbocycles. The molecule has 1 aliphatic heterocycles. The Morgan fingerprint density at radius 3 is 2.83 bits per heavy atom. The first-order chi connectivity index (χ1) is 8.79. The van der Waals surface area contributed by atoms with Crippen LogP contribution in [0.15, 0.2) is 42.0 Å². The lowest BCUT2D eigenvalue weighted by atomic mass is 10.1. The van der Waals surface area contributed by atoms with E-state index in [-0.39, 0.29) is 6.09 Å². The molecular formula is C15H19NO2. The van der Waals surface area contributed by atoms with Crippen LogP contribution in [-0.4, -0.2) is 24.1 Å². The Hall–Kier alpha value is -1.77. The molecule has 3 nitrogen and oxygen atoms in total. The zero-order valence-corrected chi connectivity index (χ0v) is 10.8. The van der Waals surface area contributed by atoms with Crippen molar-refractivity contribution in [2.45, 2.75) is 26.4 Å². The lowest BCUT2D eigenvalue weighted by Gasteiger charge is -2.26. The number of hydrogen-bond donors (Lipinski definition) is 0. The van der Waals surface area contributed by atoms with Crippen LogP contribution >= 0.6 is 0 Å². The molecule has 2 rings (SSSR count). The van der Waals surface area contributed by atoms with E-state index in [1.807, 2.05) is 30.3 Å². The summed E-state index contributed by atoms with van der Waals surface area (Å²) >= 11 is 0. The second-order valence-corrected chi connectivity index (χ2v) is 4.47. The molecule has 1 heterocycles. The predicted octanol–water partition coefficient (Wildman–Crippen LogP) is 3.37. The number of rotatable bonds is 3. The molecule has 0 radical (unpaired) electrons. The topological polar surface area (TPSA) is 29.5 Å². The van der Waals surface area contributed by atoms with Crippen LogP contribution in [-0.2, 0) is 11.3 Å². The predicted molar refractivity (Wildman–Crippen MR) is 71.2 cm³/mol. The van der Waals surface area contributed by atoms with E-state index in [0.29, 0.717) is 13.2 Å². The summed E-state index contributed by atoms with van der Waals surface area (Å²) in [6.45, 7) is 3.94. The summed E-state index contributed by atoms with van der Waals surface area (Å²) in [5, 5.41) is 0. The van der Waals surface area contributed by atoms with Crippen LogP contribution in [0.5, 0.6) is 0 Å². The molecule has 1 aromatic rings. The fraction of sp³-hybridized carbons (Fsp3) is 0.400. The Morgan fingerprint density at radius 2 is 2.11 bits per heavy atom. The van der Waals surface area contributed by atoms with Crippen LogP contribution in [0.25, 0.3) is 0 Å². The summed E-state index contributed by atoms with van der Waals surface area (Å²) in [4.78, 5) is 13.7. The van der Waals surface area contributed by atoms with Crippen molar-refractivity contribution in [2.75, 3.05) is 13.1 Å². The molecule has 3 heteroatoms. The van der Waals surface area contributed by atoms with E-state index < -0.39 is 0 Å². The average Bonchev–Trinajstić information content (AvgIpc) is 2.46. The molecule has 1 amide bonds. The van der Waals surface area contributed by atoms with E-state index in [1.165, 1.54) is 5.57 Å². The van der Waals surface area contributed by atoms with Crippen molar-refractivity contribution in [3.63, 3.8) is 0 Å². The number of ether oxygens (including phenoxy) is 1. The number of hydrogen-bond acceptors (Lipinski definition) is 2. The van der Waals surface area contributed by atoms with E-state index >= 15 is 0 Å². The number of nitrogens with zero attached hydrogens (tertiary/aromatic N) is 1. The van der Waals surface area contributed by atoms with Crippen LogP contribution in [0.1, 0.15) is 25.3 Å². The third-order valence-corrected chi connectivity index (χ3v) is 3.14. The number of benzene rings is 1. The largest absolute Gasteiger partial charge is 0.445 e. The van der Waals surface area contributed by atoms with Crippen molar-refractivity contribution in [1.29, 1.82) is 0 Å². The average molecular weight is 245 g/mol. The van der Waals surface area contributed by atoms with Gasteiger partial charge >= 0.3 is 6.09 Å². The maximum Gasteiger partial charge on any atom is 0.410 e.